The molecule has 0 unspecified atom stereocenters. The van der Waals surface area contributed by atoms with Crippen LogP contribution in [0.1, 0.15) is 18.4 Å². The number of carbonyl (C=O) groups is 1. The number of non-ortho nitro benzene ring substituents is 1. The minimum absolute atomic E-state index is 0.0796. The summed E-state index contributed by atoms with van der Waals surface area (Å²) in [6.45, 7) is 0.418. The van der Waals surface area contributed by atoms with Gasteiger partial charge in [-0.05, 0) is 18.9 Å². The molecule has 0 aliphatic carbocycles. The van der Waals surface area contributed by atoms with Crippen molar-refractivity contribution < 1.29 is 22.9 Å². The van der Waals surface area contributed by atoms with E-state index in [4.69, 9.17) is 5.73 Å². The second-order valence-corrected chi connectivity index (χ2v) is 5.14. The van der Waals surface area contributed by atoms with E-state index < -0.39 is 34.2 Å². The maximum absolute atomic E-state index is 13.2. The molecule has 22 heavy (non-hydrogen) atoms. The fourth-order valence-electron chi connectivity index (χ4n) is 2.57. The summed E-state index contributed by atoms with van der Waals surface area (Å²) < 4.78 is 39.5. The molecule has 0 saturated carbocycles. The van der Waals surface area contributed by atoms with Gasteiger partial charge in [-0.25, -0.2) is 0 Å². The Morgan fingerprint density at radius 2 is 2.09 bits per heavy atom. The van der Waals surface area contributed by atoms with Crippen molar-refractivity contribution in [1.29, 1.82) is 0 Å². The van der Waals surface area contributed by atoms with Crippen molar-refractivity contribution in [2.45, 2.75) is 19.0 Å². The summed E-state index contributed by atoms with van der Waals surface area (Å²) in [5, 5.41) is 10.7. The van der Waals surface area contributed by atoms with Gasteiger partial charge in [0.15, 0.2) is 0 Å². The molecule has 9 heteroatoms. The number of alkyl halides is 3. The highest BCUT2D eigenvalue weighted by molar-refractivity contribution is 5.77. The minimum Gasteiger partial charge on any atom is -0.370 e. The molecular formula is C13H14F3N3O3. The van der Waals surface area contributed by atoms with Crippen LogP contribution < -0.4 is 10.6 Å². The maximum Gasteiger partial charge on any atom is 0.418 e. The normalized spacial score (nSPS) is 19.0. The van der Waals surface area contributed by atoms with E-state index in [1.54, 1.807) is 0 Å². The number of hydrogen-bond donors (Lipinski definition) is 1. The van der Waals surface area contributed by atoms with Gasteiger partial charge in [0.2, 0.25) is 5.91 Å². The zero-order valence-corrected chi connectivity index (χ0v) is 11.5. The molecule has 1 aliphatic heterocycles. The summed E-state index contributed by atoms with van der Waals surface area (Å²) in [6.07, 6.45) is -3.66. The van der Waals surface area contributed by atoms with Crippen LogP contribution in [0.15, 0.2) is 18.2 Å². The van der Waals surface area contributed by atoms with Crippen molar-refractivity contribution in [1.82, 2.24) is 0 Å². The predicted molar refractivity (Wildman–Crippen MR) is 72.2 cm³/mol. The van der Waals surface area contributed by atoms with Crippen LogP contribution in [0.25, 0.3) is 0 Å². The average molecular weight is 317 g/mol. The third-order valence-electron chi connectivity index (χ3n) is 3.66. The summed E-state index contributed by atoms with van der Waals surface area (Å²) in [6, 6.07) is 2.62. The quantitative estimate of drug-likeness (QED) is 0.684. The number of nitrogens with two attached hydrogens (primary N) is 1. The van der Waals surface area contributed by atoms with Gasteiger partial charge in [0, 0.05) is 30.9 Å². The number of primary amides is 1. The highest BCUT2D eigenvalue weighted by atomic mass is 19.4. The van der Waals surface area contributed by atoms with Crippen LogP contribution in [0, 0.1) is 16.0 Å². The van der Waals surface area contributed by atoms with Crippen molar-refractivity contribution in [3.05, 3.63) is 33.9 Å². The summed E-state index contributed by atoms with van der Waals surface area (Å²) in [7, 11) is 0. The number of anilines is 1. The smallest absolute Gasteiger partial charge is 0.370 e. The molecule has 1 aromatic rings. The SMILES string of the molecule is NC(=O)[C@@H]1CCCN(c2ccc([N+](=O)[O-])cc2C(F)(F)F)C1. The molecule has 1 aliphatic rings. The van der Waals surface area contributed by atoms with Gasteiger partial charge in [0.1, 0.15) is 0 Å². The highest BCUT2D eigenvalue weighted by Gasteiger charge is 2.37. The van der Waals surface area contributed by atoms with Gasteiger partial charge >= 0.3 is 6.18 Å². The molecule has 1 heterocycles. The van der Waals surface area contributed by atoms with E-state index in [1.165, 1.54) is 4.90 Å². The van der Waals surface area contributed by atoms with Crippen molar-refractivity contribution in [2.75, 3.05) is 18.0 Å². The molecule has 1 fully saturated rings. The number of halogens is 3. The van der Waals surface area contributed by atoms with Gasteiger partial charge in [-0.15, -0.1) is 0 Å². The van der Waals surface area contributed by atoms with Crippen LogP contribution >= 0.6 is 0 Å². The Balaban J connectivity index is 2.41. The van der Waals surface area contributed by atoms with Gasteiger partial charge in [-0.2, -0.15) is 13.2 Å². The topological polar surface area (TPSA) is 89.5 Å². The largest absolute Gasteiger partial charge is 0.418 e. The van der Waals surface area contributed by atoms with Crippen LogP contribution in [-0.4, -0.2) is 23.9 Å². The molecule has 0 spiro atoms. The van der Waals surface area contributed by atoms with Crippen LogP contribution in [0.4, 0.5) is 24.5 Å². The molecule has 1 amide bonds. The molecule has 1 aromatic carbocycles. The van der Waals surface area contributed by atoms with Gasteiger partial charge in [-0.1, -0.05) is 0 Å². The summed E-state index contributed by atoms with van der Waals surface area (Å²) >= 11 is 0. The number of hydrogen-bond acceptors (Lipinski definition) is 4. The second-order valence-electron chi connectivity index (χ2n) is 5.14. The Kier molecular flexibility index (Phi) is 4.25. The summed E-state index contributed by atoms with van der Waals surface area (Å²) in [5.74, 6) is -1.08. The zero-order valence-electron chi connectivity index (χ0n) is 11.5. The number of nitro benzene ring substituents is 1. The standard InChI is InChI=1S/C13H14F3N3O3/c14-13(15,16)10-6-9(19(21)22)3-4-11(10)18-5-1-2-8(7-18)12(17)20/h3-4,6,8H,1-2,5,7H2,(H2,17,20)/t8-/m1/s1. The van der Waals surface area contributed by atoms with Crippen molar-refractivity contribution >= 4 is 17.3 Å². The predicted octanol–water partition coefficient (Wildman–Crippen LogP) is 2.32. The van der Waals surface area contributed by atoms with Crippen LogP contribution in [0.5, 0.6) is 0 Å². The monoisotopic (exact) mass is 317 g/mol. The Hall–Kier alpha value is -2.32. The van der Waals surface area contributed by atoms with E-state index in [0.717, 1.165) is 12.1 Å². The minimum atomic E-state index is -4.72. The Labute approximate surface area is 123 Å². The molecule has 2 N–H and O–H groups in total. The lowest BCUT2D eigenvalue weighted by molar-refractivity contribution is -0.385. The number of carbonyl (C=O) groups excluding carboxylic acids is 1. The Morgan fingerprint density at radius 3 is 2.64 bits per heavy atom. The first-order chi connectivity index (χ1) is 10.2. The molecule has 0 bridgehead atoms. The van der Waals surface area contributed by atoms with Crippen molar-refractivity contribution in [3.8, 4) is 0 Å². The lowest BCUT2D eigenvalue weighted by Gasteiger charge is -2.34. The van der Waals surface area contributed by atoms with Crippen LogP contribution in [-0.2, 0) is 11.0 Å². The molecular weight excluding hydrogens is 303 g/mol. The van der Waals surface area contributed by atoms with Gasteiger partial charge in [0.25, 0.3) is 5.69 Å². The van der Waals surface area contributed by atoms with E-state index in [2.05, 4.69) is 0 Å². The Bertz CT molecular complexity index is 604. The third-order valence-corrected chi connectivity index (χ3v) is 3.66. The van der Waals surface area contributed by atoms with Crippen LogP contribution in [0.2, 0.25) is 0 Å². The highest BCUT2D eigenvalue weighted by Crippen LogP contribution is 2.39. The van der Waals surface area contributed by atoms with E-state index in [9.17, 15) is 28.1 Å². The van der Waals surface area contributed by atoms with Crippen molar-refractivity contribution in [2.24, 2.45) is 11.7 Å². The van der Waals surface area contributed by atoms with Gasteiger partial charge in [0.05, 0.1) is 16.4 Å². The molecule has 0 aromatic heterocycles. The third kappa shape index (κ3) is 3.29. The maximum atomic E-state index is 13.2. The lowest BCUT2D eigenvalue weighted by atomic mass is 9.96. The lowest BCUT2D eigenvalue weighted by Crippen LogP contribution is -2.41. The van der Waals surface area contributed by atoms with Crippen LogP contribution in [0.3, 0.4) is 0 Å². The first-order valence-electron chi connectivity index (χ1n) is 6.60. The number of nitro groups is 1. The number of amides is 1. The fourth-order valence-corrected chi connectivity index (χ4v) is 2.57. The molecule has 120 valence electrons. The number of piperidine rings is 1. The van der Waals surface area contributed by atoms with E-state index >= 15 is 0 Å². The number of rotatable bonds is 3. The fraction of sp³-hybridized carbons (Fsp3) is 0.462. The zero-order chi connectivity index (χ0) is 16.5. The molecule has 1 saturated heterocycles. The van der Waals surface area contributed by atoms with E-state index in [1.807, 2.05) is 0 Å². The first-order valence-corrected chi connectivity index (χ1v) is 6.60. The molecule has 6 nitrogen and oxygen atoms in total. The number of benzene rings is 1. The van der Waals surface area contributed by atoms with E-state index in [0.29, 0.717) is 25.5 Å². The summed E-state index contributed by atoms with van der Waals surface area (Å²) in [5.41, 5.74) is 3.35. The Morgan fingerprint density at radius 1 is 1.41 bits per heavy atom. The average Bonchev–Trinajstić information content (AvgIpc) is 2.45. The molecule has 2 rings (SSSR count). The van der Waals surface area contributed by atoms with Crippen molar-refractivity contribution in [3.63, 3.8) is 0 Å². The van der Waals surface area contributed by atoms with Gasteiger partial charge in [-0.3, -0.25) is 14.9 Å². The van der Waals surface area contributed by atoms with E-state index in [-0.39, 0.29) is 12.2 Å². The first kappa shape index (κ1) is 16.1. The molecule has 1 atom stereocenters. The summed E-state index contributed by atoms with van der Waals surface area (Å²) in [4.78, 5) is 22.4. The molecule has 0 radical (unpaired) electrons. The number of nitrogens with zero attached hydrogens (tertiary/aromatic N) is 2. The second kappa shape index (κ2) is 5.82. The van der Waals surface area contributed by atoms with Gasteiger partial charge < -0.3 is 10.6 Å².